The van der Waals surface area contributed by atoms with E-state index >= 15 is 0 Å². The molecule has 0 N–H and O–H groups in total. The highest BCUT2D eigenvalue weighted by Crippen LogP contribution is 2.40. The van der Waals surface area contributed by atoms with Crippen LogP contribution in [0.4, 0.5) is 5.69 Å². The average Bonchev–Trinajstić information content (AvgIpc) is 2.58. The summed E-state index contributed by atoms with van der Waals surface area (Å²) in [5.74, 6) is 1.05. The highest BCUT2D eigenvalue weighted by molar-refractivity contribution is 5.61. The minimum atomic E-state index is 0.150. The van der Waals surface area contributed by atoms with E-state index in [2.05, 4.69) is 78.5 Å². The fraction of sp³-hybridized carbons (Fsp3) is 0.760. The standard InChI is InChI=1S/C25H45NO/c1-9-12-16-26(17-13-10-2)22-19-21(14-15-23(22)27-18-11-3)25(7,8)20-24(4,5)6/h14-15,19H,9-13,16-18,20H2,1-8H3. The predicted molar refractivity (Wildman–Crippen MR) is 121 cm³/mol. The molecule has 0 amide bonds. The molecule has 0 saturated carbocycles. The molecule has 0 heterocycles. The normalized spacial score (nSPS) is 12.3. The lowest BCUT2D eigenvalue weighted by atomic mass is 9.72. The molecule has 0 bridgehead atoms. The Labute approximate surface area is 169 Å². The van der Waals surface area contributed by atoms with Crippen LogP contribution in [0.25, 0.3) is 0 Å². The molecule has 0 atom stereocenters. The van der Waals surface area contributed by atoms with Gasteiger partial charge in [0.05, 0.1) is 12.3 Å². The lowest BCUT2D eigenvalue weighted by Gasteiger charge is -2.35. The Balaban J connectivity index is 3.28. The second-order valence-electron chi connectivity index (χ2n) is 9.85. The molecule has 0 saturated heterocycles. The van der Waals surface area contributed by atoms with E-state index in [4.69, 9.17) is 4.74 Å². The van der Waals surface area contributed by atoms with Gasteiger partial charge in [0.25, 0.3) is 0 Å². The molecule has 0 aliphatic carbocycles. The van der Waals surface area contributed by atoms with Crippen LogP contribution in [0.2, 0.25) is 0 Å². The van der Waals surface area contributed by atoms with Crippen LogP contribution in [-0.4, -0.2) is 19.7 Å². The summed E-state index contributed by atoms with van der Waals surface area (Å²) < 4.78 is 6.15. The number of nitrogens with zero attached hydrogens (tertiary/aromatic N) is 1. The molecule has 1 aromatic carbocycles. The summed E-state index contributed by atoms with van der Waals surface area (Å²) >= 11 is 0. The van der Waals surface area contributed by atoms with Crippen molar-refractivity contribution in [1.29, 1.82) is 0 Å². The Morgan fingerprint density at radius 2 is 1.44 bits per heavy atom. The molecular formula is C25H45NO. The molecule has 27 heavy (non-hydrogen) atoms. The Morgan fingerprint density at radius 1 is 0.852 bits per heavy atom. The van der Waals surface area contributed by atoms with Crippen molar-refractivity contribution in [1.82, 2.24) is 0 Å². The third-order valence-electron chi connectivity index (χ3n) is 5.08. The average molecular weight is 376 g/mol. The van der Waals surface area contributed by atoms with Crippen LogP contribution in [0, 0.1) is 5.41 Å². The second kappa shape index (κ2) is 11.0. The minimum absolute atomic E-state index is 0.150. The van der Waals surface area contributed by atoms with E-state index in [1.54, 1.807) is 0 Å². The lowest BCUT2D eigenvalue weighted by Crippen LogP contribution is -2.28. The summed E-state index contributed by atoms with van der Waals surface area (Å²) in [6, 6.07) is 6.93. The first kappa shape index (κ1) is 23.9. The van der Waals surface area contributed by atoms with Crippen molar-refractivity contribution in [3.05, 3.63) is 23.8 Å². The van der Waals surface area contributed by atoms with Gasteiger partial charge in [0.2, 0.25) is 0 Å². The van der Waals surface area contributed by atoms with Gasteiger partial charge in [-0.2, -0.15) is 0 Å². The smallest absolute Gasteiger partial charge is 0.142 e. The monoisotopic (exact) mass is 375 g/mol. The van der Waals surface area contributed by atoms with Gasteiger partial charge in [0, 0.05) is 13.1 Å². The maximum absolute atomic E-state index is 6.15. The number of rotatable bonds is 12. The Hall–Kier alpha value is -1.18. The summed E-state index contributed by atoms with van der Waals surface area (Å²) in [6.45, 7) is 21.5. The summed E-state index contributed by atoms with van der Waals surface area (Å²) in [7, 11) is 0. The first-order valence-corrected chi connectivity index (χ1v) is 11.2. The number of hydrogen-bond donors (Lipinski definition) is 0. The fourth-order valence-corrected chi connectivity index (χ4v) is 4.00. The van der Waals surface area contributed by atoms with E-state index in [-0.39, 0.29) is 5.41 Å². The van der Waals surface area contributed by atoms with E-state index in [1.165, 1.54) is 43.4 Å². The van der Waals surface area contributed by atoms with E-state index in [0.717, 1.165) is 31.9 Å². The van der Waals surface area contributed by atoms with Gasteiger partial charge >= 0.3 is 0 Å². The molecule has 0 aliphatic rings. The van der Waals surface area contributed by atoms with Crippen LogP contribution >= 0.6 is 0 Å². The van der Waals surface area contributed by atoms with Gasteiger partial charge in [0.15, 0.2) is 0 Å². The summed E-state index contributed by atoms with van der Waals surface area (Å²) in [4.78, 5) is 2.56. The number of anilines is 1. The van der Waals surface area contributed by atoms with Crippen molar-refractivity contribution in [2.75, 3.05) is 24.6 Å². The maximum atomic E-state index is 6.15. The SMILES string of the molecule is CCCCN(CCCC)c1cc(C(C)(C)CC(C)(C)C)ccc1OCCC. The van der Waals surface area contributed by atoms with Crippen LogP contribution in [0.1, 0.15) is 99.5 Å². The molecule has 0 aromatic heterocycles. The molecule has 1 rings (SSSR count). The fourth-order valence-electron chi connectivity index (χ4n) is 4.00. The lowest BCUT2D eigenvalue weighted by molar-refractivity contribution is 0.283. The van der Waals surface area contributed by atoms with Gasteiger partial charge in [-0.1, -0.05) is 74.3 Å². The van der Waals surface area contributed by atoms with Crippen LogP contribution in [0.15, 0.2) is 18.2 Å². The van der Waals surface area contributed by atoms with Crippen molar-refractivity contribution in [2.24, 2.45) is 5.41 Å². The molecule has 1 aromatic rings. The molecular weight excluding hydrogens is 330 g/mol. The Bertz CT molecular complexity index is 534. The summed E-state index contributed by atoms with van der Waals surface area (Å²) in [5.41, 5.74) is 3.18. The third-order valence-corrected chi connectivity index (χ3v) is 5.08. The first-order valence-electron chi connectivity index (χ1n) is 11.2. The Morgan fingerprint density at radius 3 is 1.93 bits per heavy atom. The molecule has 0 unspecified atom stereocenters. The van der Waals surface area contributed by atoms with E-state index in [0.29, 0.717) is 5.41 Å². The topological polar surface area (TPSA) is 12.5 Å². The van der Waals surface area contributed by atoms with Gasteiger partial charge in [0.1, 0.15) is 5.75 Å². The van der Waals surface area contributed by atoms with Crippen molar-refractivity contribution in [3.8, 4) is 5.75 Å². The van der Waals surface area contributed by atoms with Crippen molar-refractivity contribution < 1.29 is 4.74 Å². The zero-order valence-electron chi connectivity index (χ0n) is 19.5. The van der Waals surface area contributed by atoms with Crippen LogP contribution in [-0.2, 0) is 5.41 Å². The molecule has 0 radical (unpaired) electrons. The zero-order valence-corrected chi connectivity index (χ0v) is 19.5. The number of benzene rings is 1. The Kier molecular flexibility index (Phi) is 9.70. The van der Waals surface area contributed by atoms with E-state index in [1.807, 2.05) is 0 Å². The third kappa shape index (κ3) is 8.15. The van der Waals surface area contributed by atoms with E-state index in [9.17, 15) is 0 Å². The molecule has 0 aliphatic heterocycles. The highest BCUT2D eigenvalue weighted by atomic mass is 16.5. The molecule has 0 spiro atoms. The number of unbranched alkanes of at least 4 members (excludes halogenated alkanes) is 2. The van der Waals surface area contributed by atoms with Crippen molar-refractivity contribution in [3.63, 3.8) is 0 Å². The van der Waals surface area contributed by atoms with Gasteiger partial charge in [-0.05, 0) is 54.2 Å². The molecule has 156 valence electrons. The summed E-state index contributed by atoms with van der Waals surface area (Å²) in [5, 5.41) is 0. The van der Waals surface area contributed by atoms with Gasteiger partial charge in [-0.25, -0.2) is 0 Å². The van der Waals surface area contributed by atoms with E-state index < -0.39 is 0 Å². The van der Waals surface area contributed by atoms with Gasteiger partial charge in [-0.3, -0.25) is 0 Å². The number of ether oxygens (including phenoxy) is 1. The minimum Gasteiger partial charge on any atom is -0.491 e. The van der Waals surface area contributed by atoms with Crippen LogP contribution in [0.3, 0.4) is 0 Å². The van der Waals surface area contributed by atoms with Gasteiger partial charge in [-0.15, -0.1) is 0 Å². The molecule has 0 fully saturated rings. The first-order chi connectivity index (χ1) is 12.6. The second-order valence-corrected chi connectivity index (χ2v) is 9.85. The number of hydrogen-bond acceptors (Lipinski definition) is 2. The maximum Gasteiger partial charge on any atom is 0.142 e. The highest BCUT2D eigenvalue weighted by Gasteiger charge is 2.28. The van der Waals surface area contributed by atoms with Crippen molar-refractivity contribution in [2.45, 2.75) is 99.3 Å². The predicted octanol–water partition coefficient (Wildman–Crippen LogP) is 7.60. The molecule has 2 heteroatoms. The zero-order chi connectivity index (χ0) is 20.5. The summed E-state index contributed by atoms with van der Waals surface area (Å²) in [6.07, 6.45) is 7.12. The molecule has 2 nitrogen and oxygen atoms in total. The van der Waals surface area contributed by atoms with Crippen molar-refractivity contribution >= 4 is 5.69 Å². The quantitative estimate of drug-likeness (QED) is 0.373. The van der Waals surface area contributed by atoms with Gasteiger partial charge < -0.3 is 9.64 Å². The largest absolute Gasteiger partial charge is 0.491 e. The van der Waals surface area contributed by atoms with Crippen LogP contribution < -0.4 is 9.64 Å². The van der Waals surface area contributed by atoms with Crippen LogP contribution in [0.5, 0.6) is 5.75 Å².